The summed E-state index contributed by atoms with van der Waals surface area (Å²) in [5, 5.41) is 0. The van der Waals surface area contributed by atoms with Gasteiger partial charge in [0.15, 0.2) is 0 Å². The van der Waals surface area contributed by atoms with Crippen molar-refractivity contribution in [2.75, 3.05) is 36.0 Å². The van der Waals surface area contributed by atoms with Crippen molar-refractivity contribution < 1.29 is 9.59 Å². The van der Waals surface area contributed by atoms with Crippen LogP contribution in [-0.4, -0.2) is 42.9 Å². The van der Waals surface area contributed by atoms with Crippen LogP contribution in [0.25, 0.3) is 6.08 Å². The van der Waals surface area contributed by atoms with Crippen molar-refractivity contribution in [1.29, 1.82) is 0 Å². The Morgan fingerprint density at radius 1 is 0.786 bits per heavy atom. The number of carbonyl (C=O) groups excluding carboxylic acids is 2. The van der Waals surface area contributed by atoms with Crippen LogP contribution >= 0.6 is 11.8 Å². The van der Waals surface area contributed by atoms with Gasteiger partial charge < -0.3 is 14.7 Å². The fourth-order valence-electron chi connectivity index (χ4n) is 5.64. The van der Waals surface area contributed by atoms with Gasteiger partial charge in [-0.2, -0.15) is 0 Å². The van der Waals surface area contributed by atoms with Gasteiger partial charge in [0, 0.05) is 42.3 Å². The van der Waals surface area contributed by atoms with Gasteiger partial charge in [0.1, 0.15) is 0 Å². The van der Waals surface area contributed by atoms with Crippen LogP contribution < -0.4 is 9.80 Å². The molecule has 0 saturated carbocycles. The van der Waals surface area contributed by atoms with Gasteiger partial charge >= 0.3 is 0 Å². The summed E-state index contributed by atoms with van der Waals surface area (Å²) in [5.41, 5.74) is 8.58. The second kappa shape index (κ2) is 11.9. The average molecular weight is 574 g/mol. The van der Waals surface area contributed by atoms with Gasteiger partial charge in [-0.1, -0.05) is 72.4 Å². The van der Waals surface area contributed by atoms with Crippen molar-refractivity contribution in [3.05, 3.63) is 129 Å². The Morgan fingerprint density at radius 3 is 2.26 bits per heavy atom. The molecule has 0 unspecified atom stereocenters. The molecule has 0 aliphatic carbocycles. The molecule has 0 bridgehead atoms. The number of hydrogen-bond acceptors (Lipinski definition) is 4. The zero-order valence-corrected chi connectivity index (χ0v) is 25.2. The number of carbonyl (C=O) groups is 2. The van der Waals surface area contributed by atoms with Crippen molar-refractivity contribution in [3.8, 4) is 0 Å². The molecular formula is C36H35N3O2S. The first-order valence-electron chi connectivity index (χ1n) is 14.4. The summed E-state index contributed by atoms with van der Waals surface area (Å²) in [4.78, 5) is 35.0. The summed E-state index contributed by atoms with van der Waals surface area (Å²) in [7, 11) is 0. The highest BCUT2D eigenvalue weighted by Gasteiger charge is 2.29. The minimum atomic E-state index is -0.0103. The van der Waals surface area contributed by atoms with E-state index in [1.54, 1.807) is 0 Å². The molecule has 1 saturated heterocycles. The highest BCUT2D eigenvalue weighted by molar-refractivity contribution is 8.04. The van der Waals surface area contributed by atoms with Gasteiger partial charge in [-0.05, 0) is 85.0 Å². The molecule has 1 fully saturated rings. The molecule has 6 rings (SSSR count). The first-order chi connectivity index (χ1) is 20.4. The normalized spacial score (nSPS) is 16.1. The molecule has 2 aliphatic rings. The highest BCUT2D eigenvalue weighted by Crippen LogP contribution is 2.42. The predicted molar refractivity (Wildman–Crippen MR) is 173 cm³/mol. The first-order valence-corrected chi connectivity index (χ1v) is 15.3. The van der Waals surface area contributed by atoms with Gasteiger partial charge in [-0.3, -0.25) is 9.59 Å². The Hall–Kier alpha value is -4.29. The summed E-state index contributed by atoms with van der Waals surface area (Å²) in [5.74, 6) is 0.0418. The number of nitrogens with zero attached hydrogens (tertiary/aromatic N) is 3. The van der Waals surface area contributed by atoms with Crippen LogP contribution in [0, 0.1) is 20.8 Å². The molecule has 2 heterocycles. The van der Waals surface area contributed by atoms with Crippen molar-refractivity contribution in [2.24, 2.45) is 0 Å². The van der Waals surface area contributed by atoms with E-state index >= 15 is 0 Å². The van der Waals surface area contributed by atoms with E-state index in [9.17, 15) is 9.59 Å². The molecule has 6 heteroatoms. The van der Waals surface area contributed by atoms with Gasteiger partial charge in [0.05, 0.1) is 17.1 Å². The molecule has 5 nitrogen and oxygen atoms in total. The van der Waals surface area contributed by atoms with E-state index in [1.807, 2.05) is 70.5 Å². The maximum Gasteiger partial charge on any atom is 0.265 e. The Labute approximate surface area is 252 Å². The molecule has 2 aliphatic heterocycles. The molecule has 212 valence electrons. The number of thioether (sulfide) groups is 1. The number of hydrogen-bond donors (Lipinski definition) is 0. The van der Waals surface area contributed by atoms with Crippen molar-refractivity contribution in [2.45, 2.75) is 32.2 Å². The number of fused-ring (bicyclic) bond motifs is 1. The van der Waals surface area contributed by atoms with E-state index in [-0.39, 0.29) is 11.8 Å². The molecule has 4 aromatic carbocycles. The summed E-state index contributed by atoms with van der Waals surface area (Å²) in [6.45, 7) is 9.88. The molecule has 0 spiro atoms. The van der Waals surface area contributed by atoms with Gasteiger partial charge in [-0.15, -0.1) is 0 Å². The topological polar surface area (TPSA) is 43.9 Å². The van der Waals surface area contributed by atoms with E-state index in [0.29, 0.717) is 30.1 Å². The quantitative estimate of drug-likeness (QED) is 0.236. The number of benzene rings is 4. The smallest absolute Gasteiger partial charge is 0.265 e. The van der Waals surface area contributed by atoms with E-state index in [4.69, 9.17) is 0 Å². The summed E-state index contributed by atoms with van der Waals surface area (Å²) < 4.78 is 0. The second-order valence-corrected chi connectivity index (χ2v) is 12.2. The molecule has 0 radical (unpaired) electrons. The third kappa shape index (κ3) is 5.72. The van der Waals surface area contributed by atoms with E-state index in [2.05, 4.69) is 62.1 Å². The molecule has 2 amide bonds. The average Bonchev–Trinajstić information content (AvgIpc) is 3.01. The zero-order chi connectivity index (χ0) is 29.2. The molecule has 42 heavy (non-hydrogen) atoms. The lowest BCUT2D eigenvalue weighted by molar-refractivity contribution is -0.114. The van der Waals surface area contributed by atoms with E-state index < -0.39 is 0 Å². The Bertz CT molecular complexity index is 1670. The van der Waals surface area contributed by atoms with Crippen LogP contribution in [0.1, 0.15) is 38.2 Å². The Balaban J connectivity index is 1.16. The summed E-state index contributed by atoms with van der Waals surface area (Å²) >= 11 is 1.50. The second-order valence-electron chi connectivity index (χ2n) is 11.1. The lowest BCUT2D eigenvalue weighted by atomic mass is 10.1. The van der Waals surface area contributed by atoms with Crippen LogP contribution in [0.2, 0.25) is 0 Å². The SMILES string of the molecule is Cc1ccc(C)c(N2CCN(C(=O)c3ccc(C=C4Sc5ccccc5N(Cc5ccccc5C)C4=O)cc3)CC2)c1. The number of para-hydroxylation sites is 1. The third-order valence-corrected chi connectivity index (χ3v) is 9.23. The predicted octanol–water partition coefficient (Wildman–Crippen LogP) is 7.25. The summed E-state index contributed by atoms with van der Waals surface area (Å²) in [6, 6.07) is 30.4. The maximum absolute atomic E-state index is 13.7. The molecule has 0 N–H and O–H groups in total. The fourth-order valence-corrected chi connectivity index (χ4v) is 6.70. The monoisotopic (exact) mass is 573 g/mol. The van der Waals surface area contributed by atoms with Gasteiger partial charge in [0.2, 0.25) is 0 Å². The third-order valence-electron chi connectivity index (χ3n) is 8.15. The lowest BCUT2D eigenvalue weighted by Gasteiger charge is -2.37. The fraction of sp³-hybridized carbons (Fsp3) is 0.222. The summed E-state index contributed by atoms with van der Waals surface area (Å²) in [6.07, 6.45) is 1.94. The van der Waals surface area contributed by atoms with Crippen molar-refractivity contribution in [3.63, 3.8) is 0 Å². The number of rotatable bonds is 5. The standard InChI is InChI=1S/C36H35N3O2S/c1-25-12-13-27(3)32(22-25)37-18-20-38(21-19-37)35(40)29-16-14-28(15-17-29)23-34-36(41)39(24-30-9-5-4-8-26(30)2)31-10-6-7-11-33(31)42-34/h4-17,22-23H,18-21,24H2,1-3H3. The van der Waals surface area contributed by atoms with Gasteiger partial charge in [0.25, 0.3) is 11.8 Å². The minimum absolute atomic E-state index is 0.0103. The lowest BCUT2D eigenvalue weighted by Crippen LogP contribution is -2.49. The van der Waals surface area contributed by atoms with Crippen LogP contribution in [0.4, 0.5) is 11.4 Å². The first kappa shape index (κ1) is 27.9. The number of piperazine rings is 1. The van der Waals surface area contributed by atoms with Crippen molar-refractivity contribution in [1.82, 2.24) is 4.90 Å². The minimum Gasteiger partial charge on any atom is -0.368 e. The van der Waals surface area contributed by atoms with Crippen LogP contribution in [0.3, 0.4) is 0 Å². The van der Waals surface area contributed by atoms with E-state index in [1.165, 1.54) is 34.1 Å². The largest absolute Gasteiger partial charge is 0.368 e. The number of amides is 2. The van der Waals surface area contributed by atoms with Crippen LogP contribution in [0.5, 0.6) is 0 Å². The zero-order valence-electron chi connectivity index (χ0n) is 24.3. The van der Waals surface area contributed by atoms with Crippen molar-refractivity contribution >= 4 is 41.0 Å². The molecular weight excluding hydrogens is 538 g/mol. The van der Waals surface area contributed by atoms with E-state index in [0.717, 1.165) is 34.8 Å². The maximum atomic E-state index is 13.7. The van der Waals surface area contributed by atoms with Crippen LogP contribution in [-0.2, 0) is 11.3 Å². The van der Waals surface area contributed by atoms with Gasteiger partial charge in [-0.25, -0.2) is 0 Å². The number of anilines is 2. The Morgan fingerprint density at radius 2 is 1.50 bits per heavy atom. The van der Waals surface area contributed by atoms with Crippen LogP contribution in [0.15, 0.2) is 101 Å². The number of aryl methyl sites for hydroxylation is 3. The Kier molecular flexibility index (Phi) is 7.90. The molecule has 0 aromatic heterocycles. The molecule has 4 aromatic rings. The highest BCUT2D eigenvalue weighted by atomic mass is 32.2. The molecule has 0 atom stereocenters.